The topological polar surface area (TPSA) is 64.4 Å². The molecule has 0 bridgehead atoms. The Balaban J connectivity index is 1.87. The van der Waals surface area contributed by atoms with Gasteiger partial charge in [-0.1, -0.05) is 18.2 Å². The van der Waals surface area contributed by atoms with E-state index in [-0.39, 0.29) is 12.3 Å². The molecule has 6 heteroatoms. The largest absolute Gasteiger partial charge is 0.491 e. The maximum Gasteiger partial charge on any atom is 0.257 e. The molecule has 2 aromatic carbocycles. The number of carbonyl (C=O) groups excluding carboxylic acids is 1. The van der Waals surface area contributed by atoms with E-state index < -0.39 is 29.1 Å². The number of ether oxygens (including phenoxy) is 1. The fourth-order valence-electron chi connectivity index (χ4n) is 2.29. The number of hydrogen-bond donors (Lipinski definition) is 2. The van der Waals surface area contributed by atoms with E-state index in [1.807, 2.05) is 0 Å². The number of rotatable bonds is 2. The summed E-state index contributed by atoms with van der Waals surface area (Å²) in [4.78, 5) is 12.1. The second kappa shape index (κ2) is 5.05. The van der Waals surface area contributed by atoms with E-state index in [1.54, 1.807) is 24.3 Å². The van der Waals surface area contributed by atoms with Crippen molar-refractivity contribution in [2.24, 2.45) is 0 Å². The monoisotopic (exact) mass is 290 g/mol. The Labute approximate surface area is 119 Å². The van der Waals surface area contributed by atoms with Gasteiger partial charge < -0.3 is 15.8 Å². The van der Waals surface area contributed by atoms with Crippen LogP contribution in [0.1, 0.15) is 22.0 Å². The average molecular weight is 290 g/mol. The molecule has 21 heavy (non-hydrogen) atoms. The molecule has 0 fully saturated rings. The third kappa shape index (κ3) is 2.29. The zero-order valence-corrected chi connectivity index (χ0v) is 10.9. The van der Waals surface area contributed by atoms with Crippen LogP contribution in [0.5, 0.6) is 5.75 Å². The van der Waals surface area contributed by atoms with Gasteiger partial charge >= 0.3 is 0 Å². The Kier molecular flexibility index (Phi) is 3.21. The maximum atomic E-state index is 13.8. The first kappa shape index (κ1) is 13.4. The smallest absolute Gasteiger partial charge is 0.257 e. The molecule has 3 N–H and O–H groups in total. The van der Waals surface area contributed by atoms with E-state index in [9.17, 15) is 13.6 Å². The summed E-state index contributed by atoms with van der Waals surface area (Å²) < 4.78 is 32.9. The first-order chi connectivity index (χ1) is 10.1. The number of nitrogen functional groups attached to an aromatic ring is 1. The van der Waals surface area contributed by atoms with Crippen molar-refractivity contribution >= 4 is 11.6 Å². The van der Waals surface area contributed by atoms with Gasteiger partial charge in [-0.2, -0.15) is 0 Å². The quantitative estimate of drug-likeness (QED) is 0.835. The molecule has 1 aliphatic rings. The number of benzene rings is 2. The van der Waals surface area contributed by atoms with Crippen LogP contribution in [0, 0.1) is 11.6 Å². The molecule has 0 saturated heterocycles. The summed E-state index contributed by atoms with van der Waals surface area (Å²) in [6, 6.07) is 8.76. The highest BCUT2D eigenvalue weighted by Crippen LogP contribution is 2.32. The highest BCUT2D eigenvalue weighted by molar-refractivity contribution is 5.96. The minimum absolute atomic E-state index is 0.219. The molecule has 3 rings (SSSR count). The van der Waals surface area contributed by atoms with Gasteiger partial charge in [0.2, 0.25) is 0 Å². The van der Waals surface area contributed by atoms with Crippen LogP contribution in [0.4, 0.5) is 14.5 Å². The minimum atomic E-state index is -1.06. The number of fused-ring (bicyclic) bond motifs is 1. The lowest BCUT2D eigenvalue weighted by Gasteiger charge is -2.13. The number of carbonyl (C=O) groups is 1. The highest BCUT2D eigenvalue weighted by Gasteiger charge is 2.28. The molecule has 0 spiro atoms. The van der Waals surface area contributed by atoms with Crippen molar-refractivity contribution < 1.29 is 18.3 Å². The second-order valence-corrected chi connectivity index (χ2v) is 4.70. The van der Waals surface area contributed by atoms with Crippen molar-refractivity contribution in [2.45, 2.75) is 6.04 Å². The van der Waals surface area contributed by atoms with E-state index in [2.05, 4.69) is 5.32 Å². The standard InChI is InChI=1S/C15H12F2N2O2/c16-9-5-6-10(18)14(17)13(9)15(20)19-11-7-21-12-4-2-1-3-8(11)12/h1-6,11H,7,18H2,(H,19,20). The third-order valence-corrected chi connectivity index (χ3v) is 3.35. The fourth-order valence-corrected chi connectivity index (χ4v) is 2.29. The lowest BCUT2D eigenvalue weighted by Crippen LogP contribution is -2.31. The van der Waals surface area contributed by atoms with Crippen LogP contribution in [-0.2, 0) is 0 Å². The summed E-state index contributed by atoms with van der Waals surface area (Å²) >= 11 is 0. The Hall–Kier alpha value is -2.63. The van der Waals surface area contributed by atoms with Crippen molar-refractivity contribution in [3.05, 3.63) is 59.2 Å². The molecule has 0 aliphatic carbocycles. The number of hydrogen-bond acceptors (Lipinski definition) is 3. The van der Waals surface area contributed by atoms with Gasteiger partial charge in [-0.05, 0) is 18.2 Å². The van der Waals surface area contributed by atoms with Gasteiger partial charge in [0.15, 0.2) is 5.82 Å². The van der Waals surface area contributed by atoms with Crippen LogP contribution in [0.3, 0.4) is 0 Å². The molecule has 1 unspecified atom stereocenters. The molecule has 0 radical (unpaired) electrons. The van der Waals surface area contributed by atoms with Crippen LogP contribution in [0.15, 0.2) is 36.4 Å². The number of halogens is 2. The van der Waals surface area contributed by atoms with Gasteiger partial charge in [0, 0.05) is 5.56 Å². The van der Waals surface area contributed by atoms with Crippen LogP contribution in [0.25, 0.3) is 0 Å². The summed E-state index contributed by atoms with van der Waals surface area (Å²) in [5.41, 5.74) is 5.18. The van der Waals surface area contributed by atoms with Crippen molar-refractivity contribution in [1.82, 2.24) is 5.32 Å². The minimum Gasteiger partial charge on any atom is -0.491 e. The Morgan fingerprint density at radius 3 is 2.81 bits per heavy atom. The number of nitrogens with one attached hydrogen (secondary N) is 1. The summed E-state index contributed by atoms with van der Waals surface area (Å²) in [5, 5.41) is 2.56. The van der Waals surface area contributed by atoms with Gasteiger partial charge in [0.25, 0.3) is 5.91 Å². The second-order valence-electron chi connectivity index (χ2n) is 4.70. The zero-order valence-electron chi connectivity index (χ0n) is 10.9. The van der Waals surface area contributed by atoms with E-state index in [0.29, 0.717) is 5.75 Å². The highest BCUT2D eigenvalue weighted by atomic mass is 19.1. The molecule has 0 aromatic heterocycles. The summed E-state index contributed by atoms with van der Waals surface area (Å²) in [6.07, 6.45) is 0. The van der Waals surface area contributed by atoms with Crippen LogP contribution < -0.4 is 15.8 Å². The molecule has 108 valence electrons. The molecule has 2 aromatic rings. The van der Waals surface area contributed by atoms with Gasteiger partial charge in [-0.15, -0.1) is 0 Å². The average Bonchev–Trinajstić information content (AvgIpc) is 2.87. The van der Waals surface area contributed by atoms with Gasteiger partial charge in [-0.25, -0.2) is 8.78 Å². The van der Waals surface area contributed by atoms with Gasteiger partial charge in [0.05, 0.1) is 11.7 Å². The normalized spacial score (nSPS) is 16.2. The molecular formula is C15H12F2N2O2. The van der Waals surface area contributed by atoms with Crippen LogP contribution in [0.2, 0.25) is 0 Å². The molecule has 1 amide bonds. The number of para-hydroxylation sites is 1. The zero-order chi connectivity index (χ0) is 15.0. The van der Waals surface area contributed by atoms with Crippen molar-refractivity contribution in [2.75, 3.05) is 12.3 Å². The molecule has 1 aliphatic heterocycles. The Morgan fingerprint density at radius 1 is 1.24 bits per heavy atom. The first-order valence-electron chi connectivity index (χ1n) is 6.34. The van der Waals surface area contributed by atoms with E-state index in [1.165, 1.54) is 0 Å². The number of amides is 1. The molecular weight excluding hydrogens is 278 g/mol. The Bertz CT molecular complexity index is 719. The van der Waals surface area contributed by atoms with E-state index in [0.717, 1.165) is 17.7 Å². The summed E-state index contributed by atoms with van der Waals surface area (Å²) in [6.45, 7) is 0.219. The van der Waals surface area contributed by atoms with Crippen molar-refractivity contribution in [3.8, 4) is 5.75 Å². The van der Waals surface area contributed by atoms with Crippen molar-refractivity contribution in [1.29, 1.82) is 0 Å². The number of nitrogens with two attached hydrogens (primary N) is 1. The molecule has 0 saturated carbocycles. The lowest BCUT2D eigenvalue weighted by atomic mass is 10.1. The van der Waals surface area contributed by atoms with Gasteiger partial charge in [0.1, 0.15) is 23.7 Å². The SMILES string of the molecule is Nc1ccc(F)c(C(=O)NC2COc3ccccc32)c1F. The summed E-state index contributed by atoms with van der Waals surface area (Å²) in [7, 11) is 0. The lowest BCUT2D eigenvalue weighted by molar-refractivity contribution is 0.0922. The Morgan fingerprint density at radius 2 is 2.00 bits per heavy atom. The van der Waals surface area contributed by atoms with E-state index in [4.69, 9.17) is 10.5 Å². The first-order valence-corrected chi connectivity index (χ1v) is 6.34. The maximum absolute atomic E-state index is 13.8. The summed E-state index contributed by atoms with van der Waals surface area (Å²) in [5.74, 6) is -2.22. The third-order valence-electron chi connectivity index (χ3n) is 3.35. The molecule has 1 atom stereocenters. The van der Waals surface area contributed by atoms with E-state index >= 15 is 0 Å². The van der Waals surface area contributed by atoms with Gasteiger partial charge in [-0.3, -0.25) is 4.79 Å². The molecule has 4 nitrogen and oxygen atoms in total. The predicted octanol–water partition coefficient (Wildman–Crippen LogP) is 2.41. The fraction of sp³-hybridized carbons (Fsp3) is 0.133. The molecule has 1 heterocycles. The predicted molar refractivity (Wildman–Crippen MR) is 72.9 cm³/mol. The van der Waals surface area contributed by atoms with Crippen LogP contribution in [-0.4, -0.2) is 12.5 Å². The van der Waals surface area contributed by atoms with Crippen molar-refractivity contribution in [3.63, 3.8) is 0 Å². The van der Waals surface area contributed by atoms with Crippen LogP contribution >= 0.6 is 0 Å². The number of anilines is 1.